The molecular formula is C17H27N3O3. The fraction of sp³-hybridized carbons (Fsp3) is 0.765. The molecule has 0 aliphatic carbocycles. The van der Waals surface area contributed by atoms with Gasteiger partial charge < -0.3 is 14.7 Å². The molecule has 128 valence electrons. The highest BCUT2D eigenvalue weighted by Crippen LogP contribution is 2.27. The Balaban J connectivity index is 1.78. The maximum Gasteiger partial charge on any atom is 0.257 e. The second kappa shape index (κ2) is 7.01. The summed E-state index contributed by atoms with van der Waals surface area (Å²) >= 11 is 0. The summed E-state index contributed by atoms with van der Waals surface area (Å²) in [6.45, 7) is 6.37. The largest absolute Gasteiger partial charge is 0.396 e. The molecule has 2 atom stereocenters. The summed E-state index contributed by atoms with van der Waals surface area (Å²) in [5.74, 6) is 0.243. The van der Waals surface area contributed by atoms with Crippen LogP contribution in [-0.2, 0) is 4.74 Å². The normalized spacial score (nSPS) is 26.5. The van der Waals surface area contributed by atoms with E-state index in [2.05, 4.69) is 12.0 Å². The molecule has 1 amide bonds. The van der Waals surface area contributed by atoms with Crippen LogP contribution in [0, 0.1) is 12.8 Å². The predicted octanol–water partition coefficient (Wildman–Crippen LogP) is 1.78. The molecule has 2 unspecified atom stereocenters. The van der Waals surface area contributed by atoms with Gasteiger partial charge in [0.05, 0.1) is 17.8 Å². The second-order valence-electron chi connectivity index (χ2n) is 6.86. The van der Waals surface area contributed by atoms with E-state index in [0.29, 0.717) is 18.2 Å². The molecular weight excluding hydrogens is 294 g/mol. The average Bonchev–Trinajstić information content (AvgIpc) is 2.97. The number of aliphatic hydroxyl groups is 1. The highest BCUT2D eigenvalue weighted by Gasteiger charge is 2.31. The SMILES string of the molecule is Cc1c(C(=O)N2CC(CO)CCC2C)cnn1C1CCOCC1. The summed E-state index contributed by atoms with van der Waals surface area (Å²) in [5, 5.41) is 13.9. The summed E-state index contributed by atoms with van der Waals surface area (Å²) in [4.78, 5) is 14.9. The summed E-state index contributed by atoms with van der Waals surface area (Å²) in [6, 6.07) is 0.547. The zero-order valence-corrected chi connectivity index (χ0v) is 14.1. The molecule has 0 bridgehead atoms. The molecule has 2 fully saturated rings. The Morgan fingerprint density at radius 1 is 1.35 bits per heavy atom. The van der Waals surface area contributed by atoms with Crippen molar-refractivity contribution >= 4 is 5.91 Å². The van der Waals surface area contributed by atoms with E-state index in [1.807, 2.05) is 16.5 Å². The van der Waals surface area contributed by atoms with E-state index < -0.39 is 0 Å². The van der Waals surface area contributed by atoms with Gasteiger partial charge in [0.25, 0.3) is 5.91 Å². The maximum atomic E-state index is 13.0. The molecule has 0 saturated carbocycles. The second-order valence-corrected chi connectivity index (χ2v) is 6.86. The van der Waals surface area contributed by atoms with Crippen molar-refractivity contribution in [1.82, 2.24) is 14.7 Å². The average molecular weight is 321 g/mol. The lowest BCUT2D eigenvalue weighted by molar-refractivity contribution is 0.0487. The highest BCUT2D eigenvalue weighted by atomic mass is 16.5. The van der Waals surface area contributed by atoms with Gasteiger partial charge in [0.15, 0.2) is 0 Å². The minimum atomic E-state index is 0.0476. The smallest absolute Gasteiger partial charge is 0.257 e. The number of carbonyl (C=O) groups excluding carboxylic acids is 1. The first-order chi connectivity index (χ1) is 11.1. The summed E-state index contributed by atoms with van der Waals surface area (Å²) in [5.41, 5.74) is 1.64. The van der Waals surface area contributed by atoms with Crippen molar-refractivity contribution in [3.63, 3.8) is 0 Å². The number of likely N-dealkylation sites (tertiary alicyclic amines) is 1. The van der Waals surface area contributed by atoms with Crippen molar-refractivity contribution in [3.8, 4) is 0 Å². The van der Waals surface area contributed by atoms with Crippen LogP contribution >= 0.6 is 0 Å². The van der Waals surface area contributed by atoms with Crippen LogP contribution in [0.2, 0.25) is 0 Å². The van der Waals surface area contributed by atoms with Crippen molar-refractivity contribution in [3.05, 3.63) is 17.5 Å². The Hall–Kier alpha value is -1.40. The predicted molar refractivity (Wildman–Crippen MR) is 86.4 cm³/mol. The molecule has 0 radical (unpaired) electrons. The number of hydrogen-bond acceptors (Lipinski definition) is 4. The monoisotopic (exact) mass is 321 g/mol. The Bertz CT molecular complexity index is 551. The first-order valence-corrected chi connectivity index (χ1v) is 8.65. The Labute approximate surface area is 137 Å². The third kappa shape index (κ3) is 3.28. The van der Waals surface area contributed by atoms with E-state index in [1.54, 1.807) is 6.20 Å². The molecule has 2 saturated heterocycles. The van der Waals surface area contributed by atoms with Crippen LogP contribution < -0.4 is 0 Å². The number of rotatable bonds is 3. The molecule has 2 aliphatic heterocycles. The molecule has 1 aromatic heterocycles. The zero-order chi connectivity index (χ0) is 16.4. The minimum Gasteiger partial charge on any atom is -0.396 e. The summed E-state index contributed by atoms with van der Waals surface area (Å²) < 4.78 is 7.40. The van der Waals surface area contributed by atoms with Crippen LogP contribution in [0.5, 0.6) is 0 Å². The molecule has 1 aromatic rings. The molecule has 3 heterocycles. The summed E-state index contributed by atoms with van der Waals surface area (Å²) in [7, 11) is 0. The van der Waals surface area contributed by atoms with Crippen LogP contribution in [0.1, 0.15) is 54.7 Å². The van der Waals surface area contributed by atoms with Crippen molar-refractivity contribution in [2.45, 2.75) is 51.6 Å². The van der Waals surface area contributed by atoms with E-state index in [0.717, 1.165) is 44.6 Å². The quantitative estimate of drug-likeness (QED) is 0.921. The molecule has 2 aliphatic rings. The van der Waals surface area contributed by atoms with Gasteiger partial charge in [0.2, 0.25) is 0 Å². The van der Waals surface area contributed by atoms with Crippen LogP contribution in [0.3, 0.4) is 0 Å². The topological polar surface area (TPSA) is 67.6 Å². The van der Waals surface area contributed by atoms with Gasteiger partial charge in [-0.15, -0.1) is 0 Å². The number of carbonyl (C=O) groups is 1. The highest BCUT2D eigenvalue weighted by molar-refractivity contribution is 5.95. The van der Waals surface area contributed by atoms with Crippen molar-refractivity contribution in [1.29, 1.82) is 0 Å². The first kappa shape index (κ1) is 16.5. The Morgan fingerprint density at radius 2 is 2.09 bits per heavy atom. The number of amides is 1. The Morgan fingerprint density at radius 3 is 2.78 bits per heavy atom. The Kier molecular flexibility index (Phi) is 5.02. The number of aliphatic hydroxyl groups excluding tert-OH is 1. The van der Waals surface area contributed by atoms with Crippen LogP contribution in [-0.4, -0.2) is 58.1 Å². The number of nitrogens with zero attached hydrogens (tertiary/aromatic N) is 3. The minimum absolute atomic E-state index is 0.0476. The first-order valence-electron chi connectivity index (χ1n) is 8.65. The fourth-order valence-electron chi connectivity index (χ4n) is 3.70. The molecule has 6 nitrogen and oxygen atoms in total. The van der Waals surface area contributed by atoms with Crippen LogP contribution in [0.15, 0.2) is 6.20 Å². The van der Waals surface area contributed by atoms with Gasteiger partial charge in [0, 0.05) is 38.1 Å². The van der Waals surface area contributed by atoms with Gasteiger partial charge in [-0.3, -0.25) is 9.48 Å². The van der Waals surface area contributed by atoms with E-state index in [4.69, 9.17) is 4.74 Å². The van der Waals surface area contributed by atoms with Crippen LogP contribution in [0.25, 0.3) is 0 Å². The van der Waals surface area contributed by atoms with Gasteiger partial charge in [-0.1, -0.05) is 0 Å². The van der Waals surface area contributed by atoms with Crippen molar-refractivity contribution < 1.29 is 14.6 Å². The third-order valence-electron chi connectivity index (χ3n) is 5.31. The summed E-state index contributed by atoms with van der Waals surface area (Å²) in [6.07, 6.45) is 5.54. The number of ether oxygens (including phenoxy) is 1. The van der Waals surface area contributed by atoms with E-state index in [1.165, 1.54) is 0 Å². The van der Waals surface area contributed by atoms with Crippen LogP contribution in [0.4, 0.5) is 0 Å². The molecule has 0 aromatic carbocycles. The van der Waals surface area contributed by atoms with E-state index >= 15 is 0 Å². The lowest BCUT2D eigenvalue weighted by Crippen LogP contribution is -2.46. The standard InChI is InChI=1S/C17H27N3O3/c1-12-3-4-14(11-21)10-19(12)17(22)16-9-18-20(13(16)2)15-5-7-23-8-6-15/h9,12,14-15,21H,3-8,10-11H2,1-2H3. The van der Waals surface area contributed by atoms with E-state index in [-0.39, 0.29) is 24.5 Å². The molecule has 23 heavy (non-hydrogen) atoms. The number of hydrogen-bond donors (Lipinski definition) is 1. The third-order valence-corrected chi connectivity index (χ3v) is 5.31. The molecule has 6 heteroatoms. The van der Waals surface area contributed by atoms with Crippen molar-refractivity contribution in [2.24, 2.45) is 5.92 Å². The van der Waals surface area contributed by atoms with Gasteiger partial charge in [-0.05, 0) is 45.4 Å². The molecule has 1 N–H and O–H groups in total. The number of aromatic nitrogens is 2. The lowest BCUT2D eigenvalue weighted by atomic mass is 9.93. The molecule has 3 rings (SSSR count). The molecule has 0 spiro atoms. The van der Waals surface area contributed by atoms with Gasteiger partial charge in [-0.25, -0.2) is 0 Å². The zero-order valence-electron chi connectivity index (χ0n) is 14.1. The van der Waals surface area contributed by atoms with Gasteiger partial charge in [-0.2, -0.15) is 5.10 Å². The van der Waals surface area contributed by atoms with E-state index in [9.17, 15) is 9.90 Å². The van der Waals surface area contributed by atoms with Gasteiger partial charge >= 0.3 is 0 Å². The maximum absolute atomic E-state index is 13.0. The fourth-order valence-corrected chi connectivity index (χ4v) is 3.70. The lowest BCUT2D eigenvalue weighted by Gasteiger charge is -2.37. The van der Waals surface area contributed by atoms with Gasteiger partial charge in [0.1, 0.15) is 0 Å². The van der Waals surface area contributed by atoms with Crippen molar-refractivity contribution in [2.75, 3.05) is 26.4 Å². The number of piperidine rings is 1.